The predicted octanol–water partition coefficient (Wildman–Crippen LogP) is 1.39. The molecule has 1 fully saturated rings. The summed E-state index contributed by atoms with van der Waals surface area (Å²) in [5, 5.41) is 21.8. The fourth-order valence-electron chi connectivity index (χ4n) is 5.89. The summed E-state index contributed by atoms with van der Waals surface area (Å²) in [6.07, 6.45) is -1.83. The molecule has 3 heterocycles. The largest absolute Gasteiger partial charge is 0.456 e. The van der Waals surface area contributed by atoms with Crippen molar-refractivity contribution in [3.63, 3.8) is 0 Å². The van der Waals surface area contributed by atoms with Crippen LogP contribution in [0.5, 0.6) is 0 Å². The van der Waals surface area contributed by atoms with Crippen LogP contribution in [-0.2, 0) is 9.53 Å². The highest BCUT2D eigenvalue weighted by Gasteiger charge is 2.71. The highest BCUT2D eigenvalue weighted by atomic mass is 19.4. The number of guanidine groups is 2. The van der Waals surface area contributed by atoms with Gasteiger partial charge in [0.15, 0.2) is 11.6 Å². The van der Waals surface area contributed by atoms with E-state index in [-0.39, 0.29) is 43.4 Å². The number of carbonyl (C=O) groups is 1. The SMILES string of the molecule is CCCC1C(OC(=O)C2=CC=C(C(F)(F)F)CCC2)C(C)C23C(N=C(N)N2O)C(CO)N=C(N)N13. The van der Waals surface area contributed by atoms with E-state index >= 15 is 0 Å². The summed E-state index contributed by atoms with van der Waals surface area (Å²) in [5.41, 5.74) is 10.4. The van der Waals surface area contributed by atoms with Crippen LogP contribution in [0.1, 0.15) is 46.0 Å². The van der Waals surface area contributed by atoms with Gasteiger partial charge >= 0.3 is 12.1 Å². The van der Waals surface area contributed by atoms with E-state index in [1.54, 1.807) is 11.8 Å². The number of alkyl halides is 3. The first kappa shape index (κ1) is 25.3. The zero-order valence-electron chi connectivity index (χ0n) is 19.6. The van der Waals surface area contributed by atoms with Crippen LogP contribution < -0.4 is 11.5 Å². The number of esters is 1. The number of rotatable bonds is 5. The molecule has 0 radical (unpaired) electrons. The average molecular weight is 501 g/mol. The van der Waals surface area contributed by atoms with Gasteiger partial charge in [-0.2, -0.15) is 18.2 Å². The van der Waals surface area contributed by atoms with E-state index in [1.165, 1.54) is 6.08 Å². The Morgan fingerprint density at radius 3 is 2.60 bits per heavy atom. The maximum atomic E-state index is 13.2. The minimum absolute atomic E-state index is 0.0551. The summed E-state index contributed by atoms with van der Waals surface area (Å²) in [5.74, 6) is -1.44. The Bertz CT molecular complexity index is 996. The smallest absolute Gasteiger partial charge is 0.412 e. The number of halogens is 3. The molecule has 4 rings (SSSR count). The molecule has 0 saturated carbocycles. The number of carbonyl (C=O) groups excluding carboxylic acids is 1. The Morgan fingerprint density at radius 1 is 1.26 bits per heavy atom. The molecule has 0 bridgehead atoms. The number of aliphatic hydroxyl groups excluding tert-OH is 1. The normalized spacial score (nSPS) is 34.9. The molecule has 1 aliphatic carbocycles. The highest BCUT2D eigenvalue weighted by Crippen LogP contribution is 2.51. The van der Waals surface area contributed by atoms with Crippen molar-refractivity contribution in [3.8, 4) is 0 Å². The average Bonchev–Trinajstić information content (AvgIpc) is 3.05. The standard InChI is InChI=1S/C22H31F3N6O4/c1-3-5-15-16(35-18(33)12-6-4-7-13(9-8-12)22(23,24)25)11(2)21-17(29-20(27)31(21)34)14(10-32)28-19(26)30(15)21/h8-9,11,14-17,32,34H,3-7,10H2,1-2H3,(H2,26,28)(H2,27,29). The van der Waals surface area contributed by atoms with Crippen molar-refractivity contribution in [2.45, 2.75) is 82.0 Å². The quantitative estimate of drug-likeness (QED) is 0.414. The van der Waals surface area contributed by atoms with Crippen LogP contribution in [0.4, 0.5) is 13.2 Å². The van der Waals surface area contributed by atoms with E-state index in [9.17, 15) is 28.3 Å². The van der Waals surface area contributed by atoms with E-state index in [4.69, 9.17) is 16.2 Å². The molecular weight excluding hydrogens is 469 g/mol. The van der Waals surface area contributed by atoms with Gasteiger partial charge < -0.3 is 26.2 Å². The van der Waals surface area contributed by atoms with Crippen LogP contribution in [-0.4, -0.2) is 80.8 Å². The molecule has 0 aromatic carbocycles. The maximum Gasteiger partial charge on any atom is 0.412 e. The number of ether oxygens (including phenoxy) is 1. The second kappa shape index (κ2) is 9.01. The first-order chi connectivity index (χ1) is 16.5. The van der Waals surface area contributed by atoms with Crippen LogP contribution in [0.3, 0.4) is 0 Å². The molecule has 6 unspecified atom stereocenters. The first-order valence-electron chi connectivity index (χ1n) is 11.7. The number of nitrogens with zero attached hydrogens (tertiary/aromatic N) is 4. The fraction of sp³-hybridized carbons (Fsp3) is 0.682. The number of hydrogen-bond donors (Lipinski definition) is 4. The molecule has 3 aliphatic heterocycles. The van der Waals surface area contributed by atoms with Crippen molar-refractivity contribution in [2.24, 2.45) is 27.4 Å². The number of hydrogen-bond acceptors (Lipinski definition) is 10. The Morgan fingerprint density at radius 2 is 1.97 bits per heavy atom. The van der Waals surface area contributed by atoms with Gasteiger partial charge in [-0.25, -0.2) is 14.8 Å². The van der Waals surface area contributed by atoms with Crippen molar-refractivity contribution in [3.05, 3.63) is 23.3 Å². The predicted molar refractivity (Wildman–Crippen MR) is 120 cm³/mol. The van der Waals surface area contributed by atoms with Crippen molar-refractivity contribution in [1.82, 2.24) is 9.96 Å². The van der Waals surface area contributed by atoms with Gasteiger partial charge in [0.2, 0.25) is 5.96 Å². The van der Waals surface area contributed by atoms with Gasteiger partial charge in [0, 0.05) is 17.1 Å². The minimum atomic E-state index is -4.45. The van der Waals surface area contributed by atoms with E-state index in [0.717, 1.165) is 11.1 Å². The number of nitrogens with two attached hydrogens (primary N) is 2. The van der Waals surface area contributed by atoms with Crippen molar-refractivity contribution in [2.75, 3.05) is 6.61 Å². The van der Waals surface area contributed by atoms with Crippen LogP contribution in [0.15, 0.2) is 33.3 Å². The molecule has 10 nitrogen and oxygen atoms in total. The molecule has 4 aliphatic rings. The second-order valence-corrected chi connectivity index (χ2v) is 9.38. The monoisotopic (exact) mass is 500 g/mol. The number of aliphatic hydroxyl groups is 1. The van der Waals surface area contributed by atoms with E-state index in [0.29, 0.717) is 12.8 Å². The summed E-state index contributed by atoms with van der Waals surface area (Å²) in [6.45, 7) is 3.32. The lowest BCUT2D eigenvalue weighted by atomic mass is 9.82. The van der Waals surface area contributed by atoms with E-state index < -0.39 is 53.5 Å². The molecule has 0 aromatic heterocycles. The summed E-state index contributed by atoms with van der Waals surface area (Å²) < 4.78 is 45.3. The Labute approximate surface area is 200 Å². The third-order valence-electron chi connectivity index (χ3n) is 7.45. The third kappa shape index (κ3) is 3.84. The van der Waals surface area contributed by atoms with Gasteiger partial charge in [0.05, 0.1) is 12.6 Å². The molecule has 13 heteroatoms. The van der Waals surface area contributed by atoms with Crippen molar-refractivity contribution < 1.29 is 33.0 Å². The molecule has 1 saturated heterocycles. The Kier molecular flexibility index (Phi) is 6.51. The van der Waals surface area contributed by atoms with Crippen molar-refractivity contribution in [1.29, 1.82) is 0 Å². The van der Waals surface area contributed by atoms with Gasteiger partial charge in [0.1, 0.15) is 18.2 Å². The summed E-state index contributed by atoms with van der Waals surface area (Å²) in [7, 11) is 0. The second-order valence-electron chi connectivity index (χ2n) is 9.38. The van der Waals surface area contributed by atoms with Gasteiger partial charge in [-0.15, -0.1) is 0 Å². The van der Waals surface area contributed by atoms with Crippen LogP contribution in [0.2, 0.25) is 0 Å². The zero-order valence-corrected chi connectivity index (χ0v) is 19.6. The topological polar surface area (TPSA) is 150 Å². The highest BCUT2D eigenvalue weighted by molar-refractivity contribution is 5.90. The van der Waals surface area contributed by atoms with Crippen molar-refractivity contribution >= 4 is 17.9 Å². The Balaban J connectivity index is 1.69. The van der Waals surface area contributed by atoms with E-state index in [1.807, 2.05) is 6.92 Å². The third-order valence-corrected chi connectivity index (χ3v) is 7.45. The number of aliphatic imine (C=N–C) groups is 2. The minimum Gasteiger partial charge on any atom is -0.456 e. The molecule has 0 amide bonds. The van der Waals surface area contributed by atoms with Crippen LogP contribution >= 0.6 is 0 Å². The van der Waals surface area contributed by atoms with E-state index in [2.05, 4.69) is 9.98 Å². The Hall–Kier alpha value is -2.80. The molecular formula is C22H31F3N6O4. The fourth-order valence-corrected chi connectivity index (χ4v) is 5.89. The summed E-state index contributed by atoms with van der Waals surface area (Å²) in [4.78, 5) is 23.5. The first-order valence-corrected chi connectivity index (χ1v) is 11.7. The molecule has 0 aromatic rings. The van der Waals surface area contributed by atoms with Gasteiger partial charge in [-0.05, 0) is 25.7 Å². The summed E-state index contributed by atoms with van der Waals surface area (Å²) >= 11 is 0. The molecule has 6 N–H and O–H groups in total. The van der Waals surface area contributed by atoms with Gasteiger partial charge in [-0.3, -0.25) is 5.21 Å². The maximum absolute atomic E-state index is 13.2. The van der Waals surface area contributed by atoms with Gasteiger partial charge in [0.25, 0.3) is 0 Å². The lowest BCUT2D eigenvalue weighted by molar-refractivity contribution is -0.175. The number of hydroxylamine groups is 2. The molecule has 1 spiro atoms. The molecule has 194 valence electrons. The molecule has 35 heavy (non-hydrogen) atoms. The summed E-state index contributed by atoms with van der Waals surface area (Å²) in [6, 6.07) is -2.05. The zero-order chi connectivity index (χ0) is 25.7. The van der Waals surface area contributed by atoms with Gasteiger partial charge in [-0.1, -0.05) is 32.4 Å². The lowest BCUT2D eigenvalue weighted by Crippen LogP contribution is -2.72. The number of allylic oxidation sites excluding steroid dienone is 3. The lowest BCUT2D eigenvalue weighted by Gasteiger charge is -2.50. The molecule has 6 atom stereocenters. The van der Waals surface area contributed by atoms with Crippen LogP contribution in [0.25, 0.3) is 0 Å². The van der Waals surface area contributed by atoms with Crippen LogP contribution in [0, 0.1) is 5.92 Å².